The van der Waals surface area contributed by atoms with Crippen LogP contribution in [-0.4, -0.2) is 44.7 Å². The summed E-state index contributed by atoms with van der Waals surface area (Å²) in [6.45, 7) is 1.80. The highest BCUT2D eigenvalue weighted by molar-refractivity contribution is 6.00. The number of hydrogen-bond donors (Lipinski definition) is 1. The lowest BCUT2D eigenvalue weighted by Crippen LogP contribution is -2.57. The van der Waals surface area contributed by atoms with E-state index in [2.05, 4.69) is 22.2 Å². The second kappa shape index (κ2) is 7.94. The Morgan fingerprint density at radius 3 is 2.61 bits per heavy atom. The first-order valence-corrected chi connectivity index (χ1v) is 11.1. The number of aromatic nitrogens is 3. The highest BCUT2D eigenvalue weighted by Crippen LogP contribution is 2.33. The van der Waals surface area contributed by atoms with E-state index in [0.29, 0.717) is 29.4 Å². The Kier molecular flexibility index (Phi) is 5.12. The smallest absolute Gasteiger partial charge is 0.273 e. The van der Waals surface area contributed by atoms with E-state index in [1.54, 1.807) is 4.90 Å². The van der Waals surface area contributed by atoms with Crippen molar-refractivity contribution in [1.82, 2.24) is 19.5 Å². The van der Waals surface area contributed by atoms with Crippen LogP contribution in [-0.2, 0) is 0 Å². The summed E-state index contributed by atoms with van der Waals surface area (Å²) in [6.07, 6.45) is 7.87. The molecule has 0 bridgehead atoms. The summed E-state index contributed by atoms with van der Waals surface area (Å²) in [4.78, 5) is 31.9. The van der Waals surface area contributed by atoms with E-state index in [1.807, 2.05) is 19.1 Å². The minimum Gasteiger partial charge on any atom is -0.335 e. The Balaban J connectivity index is 1.46. The van der Waals surface area contributed by atoms with Gasteiger partial charge in [0.25, 0.3) is 11.5 Å². The molecule has 3 heterocycles. The summed E-state index contributed by atoms with van der Waals surface area (Å²) < 4.78 is 14.2. The highest BCUT2D eigenvalue weighted by Gasteiger charge is 2.39. The van der Waals surface area contributed by atoms with Crippen LogP contribution in [0.2, 0.25) is 0 Å². The van der Waals surface area contributed by atoms with Crippen molar-refractivity contribution < 1.29 is 9.18 Å². The maximum absolute atomic E-state index is 13.0. The number of alkyl halides is 1. The van der Waals surface area contributed by atoms with Crippen molar-refractivity contribution >= 4 is 11.6 Å². The van der Waals surface area contributed by atoms with Gasteiger partial charge in [-0.2, -0.15) is 0 Å². The molecule has 5 rings (SSSR count). The third kappa shape index (κ3) is 3.46. The molecule has 2 fully saturated rings. The number of amides is 1. The van der Waals surface area contributed by atoms with Crippen molar-refractivity contribution in [2.24, 2.45) is 5.92 Å². The minimum atomic E-state index is -0.433. The maximum atomic E-state index is 13.0. The zero-order valence-corrected chi connectivity index (χ0v) is 17.7. The van der Waals surface area contributed by atoms with E-state index < -0.39 is 6.67 Å². The molecule has 6 nitrogen and oxygen atoms in total. The first kappa shape index (κ1) is 20.0. The molecule has 2 aromatic heterocycles. The second-order valence-corrected chi connectivity index (χ2v) is 8.90. The molecular formula is C24H27FN4O2. The summed E-state index contributed by atoms with van der Waals surface area (Å²) >= 11 is 0. The zero-order valence-electron chi connectivity index (χ0n) is 17.7. The molecule has 0 spiro atoms. The molecule has 1 saturated heterocycles. The average Bonchev–Trinajstić information content (AvgIpc) is 3.24. The van der Waals surface area contributed by atoms with Gasteiger partial charge in [0, 0.05) is 36.3 Å². The molecule has 7 heteroatoms. The second-order valence-electron chi connectivity index (χ2n) is 8.90. The Labute approximate surface area is 180 Å². The van der Waals surface area contributed by atoms with Crippen molar-refractivity contribution in [2.45, 2.75) is 51.0 Å². The summed E-state index contributed by atoms with van der Waals surface area (Å²) in [7, 11) is 0. The normalized spacial score (nSPS) is 21.9. The number of halogens is 1. The number of nitrogens with one attached hydrogen (secondary N) is 1. The molecule has 1 amide bonds. The molecule has 1 saturated carbocycles. The van der Waals surface area contributed by atoms with Gasteiger partial charge in [0.15, 0.2) is 5.65 Å². The fraction of sp³-hybridized carbons (Fsp3) is 0.458. The molecular weight excluding hydrogens is 395 g/mol. The highest BCUT2D eigenvalue weighted by atomic mass is 19.1. The summed E-state index contributed by atoms with van der Waals surface area (Å²) in [5.74, 6) is 0.264. The number of aromatic amines is 1. The summed E-state index contributed by atoms with van der Waals surface area (Å²) in [5, 5.41) is 2.83. The number of hydrogen-bond acceptors (Lipinski definition) is 3. The van der Waals surface area contributed by atoms with E-state index in [-0.39, 0.29) is 23.4 Å². The molecule has 0 radical (unpaired) electrons. The summed E-state index contributed by atoms with van der Waals surface area (Å²) in [5.41, 5.74) is 3.11. The third-order valence-electron chi connectivity index (χ3n) is 7.08. The zero-order chi connectivity index (χ0) is 21.5. The van der Waals surface area contributed by atoms with E-state index in [4.69, 9.17) is 0 Å². The van der Waals surface area contributed by atoms with Crippen LogP contribution in [0.1, 0.15) is 60.9 Å². The number of likely N-dealkylation sites (tertiary alicyclic amines) is 1. The molecule has 1 aromatic carbocycles. The van der Waals surface area contributed by atoms with Gasteiger partial charge in [0.1, 0.15) is 5.56 Å². The fourth-order valence-corrected chi connectivity index (χ4v) is 4.94. The molecule has 3 aromatic rings. The van der Waals surface area contributed by atoms with Gasteiger partial charge in [-0.3, -0.25) is 19.1 Å². The van der Waals surface area contributed by atoms with Crippen LogP contribution < -0.4 is 5.56 Å². The SMILES string of the molecule is C[C@@H]1[C@H](CF)CN1C(=O)c1c[nH]n2c(=O)cc(-c3ccc(C4CCCCC4)cc3)nc12. The number of H-pyrrole nitrogens is 1. The Morgan fingerprint density at radius 1 is 1.19 bits per heavy atom. The van der Waals surface area contributed by atoms with Crippen molar-refractivity contribution in [3.63, 3.8) is 0 Å². The predicted octanol–water partition coefficient (Wildman–Crippen LogP) is 4.17. The number of carbonyl (C=O) groups excluding carboxylic acids is 1. The van der Waals surface area contributed by atoms with Crippen molar-refractivity contribution in [2.75, 3.05) is 13.2 Å². The number of fused-ring (bicyclic) bond motifs is 1. The standard InChI is InChI=1S/C24H27FN4O2/c1-15-19(12-25)14-28(15)24(31)20-13-26-29-22(30)11-21(27-23(20)29)18-9-7-17(8-10-18)16-5-3-2-4-6-16/h7-11,13,15-16,19,26H,2-6,12,14H2,1H3/t15-,19-/m1/s1. The topological polar surface area (TPSA) is 70.5 Å². The first-order chi connectivity index (χ1) is 15.1. The van der Waals surface area contributed by atoms with Crippen LogP contribution in [0.4, 0.5) is 4.39 Å². The minimum absolute atomic E-state index is 0.122. The van der Waals surface area contributed by atoms with E-state index >= 15 is 0 Å². The van der Waals surface area contributed by atoms with Crippen LogP contribution in [0.5, 0.6) is 0 Å². The molecule has 0 unspecified atom stereocenters. The average molecular weight is 423 g/mol. The number of benzene rings is 1. The first-order valence-electron chi connectivity index (χ1n) is 11.1. The predicted molar refractivity (Wildman–Crippen MR) is 117 cm³/mol. The van der Waals surface area contributed by atoms with Gasteiger partial charge in [-0.25, -0.2) is 9.50 Å². The van der Waals surface area contributed by atoms with Crippen LogP contribution in [0, 0.1) is 5.92 Å². The number of rotatable bonds is 4. The lowest BCUT2D eigenvalue weighted by atomic mass is 9.84. The molecule has 1 aliphatic heterocycles. The van der Waals surface area contributed by atoms with Gasteiger partial charge in [-0.05, 0) is 31.2 Å². The van der Waals surface area contributed by atoms with Gasteiger partial charge >= 0.3 is 0 Å². The molecule has 2 atom stereocenters. The van der Waals surface area contributed by atoms with E-state index in [9.17, 15) is 14.0 Å². The molecule has 162 valence electrons. The van der Waals surface area contributed by atoms with Gasteiger partial charge in [-0.1, -0.05) is 43.5 Å². The van der Waals surface area contributed by atoms with Crippen LogP contribution in [0.25, 0.3) is 16.9 Å². The lowest BCUT2D eigenvalue weighted by Gasteiger charge is -2.45. The third-order valence-corrected chi connectivity index (χ3v) is 7.08. The number of nitrogens with zero attached hydrogens (tertiary/aromatic N) is 3. The van der Waals surface area contributed by atoms with Gasteiger partial charge < -0.3 is 4.90 Å². The van der Waals surface area contributed by atoms with Crippen LogP contribution in [0.3, 0.4) is 0 Å². The molecule has 1 aliphatic carbocycles. The van der Waals surface area contributed by atoms with E-state index in [1.165, 1.54) is 54.4 Å². The van der Waals surface area contributed by atoms with Crippen molar-refractivity contribution in [3.8, 4) is 11.3 Å². The monoisotopic (exact) mass is 422 g/mol. The van der Waals surface area contributed by atoms with Gasteiger partial charge in [0.2, 0.25) is 0 Å². The Morgan fingerprint density at radius 2 is 1.94 bits per heavy atom. The molecule has 31 heavy (non-hydrogen) atoms. The molecule has 2 aliphatic rings. The Bertz CT molecular complexity index is 1160. The van der Waals surface area contributed by atoms with Crippen LogP contribution >= 0.6 is 0 Å². The summed E-state index contributed by atoms with van der Waals surface area (Å²) in [6, 6.07) is 9.63. The van der Waals surface area contributed by atoms with Crippen LogP contribution in [0.15, 0.2) is 41.3 Å². The largest absolute Gasteiger partial charge is 0.335 e. The Hall–Kier alpha value is -2.96. The van der Waals surface area contributed by atoms with Crippen molar-refractivity contribution in [1.29, 1.82) is 0 Å². The molecule has 1 N–H and O–H groups in total. The maximum Gasteiger partial charge on any atom is 0.273 e. The van der Waals surface area contributed by atoms with Crippen molar-refractivity contribution in [3.05, 3.63) is 58.0 Å². The number of carbonyl (C=O) groups is 1. The van der Waals surface area contributed by atoms with E-state index in [0.717, 1.165) is 5.56 Å². The quantitative estimate of drug-likeness (QED) is 0.686. The lowest BCUT2D eigenvalue weighted by molar-refractivity contribution is 0.0141. The van der Waals surface area contributed by atoms with Gasteiger partial charge in [-0.15, -0.1) is 0 Å². The van der Waals surface area contributed by atoms with Gasteiger partial charge in [0.05, 0.1) is 12.4 Å². The fourth-order valence-electron chi connectivity index (χ4n) is 4.94.